The van der Waals surface area contributed by atoms with E-state index in [2.05, 4.69) is 12.2 Å². The maximum atomic E-state index is 12.3. The summed E-state index contributed by atoms with van der Waals surface area (Å²) >= 11 is 0. The van der Waals surface area contributed by atoms with Gasteiger partial charge < -0.3 is 19.4 Å². The van der Waals surface area contributed by atoms with E-state index in [1.807, 2.05) is 4.57 Å². The average molecular weight is 306 g/mol. The van der Waals surface area contributed by atoms with Crippen molar-refractivity contribution in [2.24, 2.45) is 0 Å². The summed E-state index contributed by atoms with van der Waals surface area (Å²) in [7, 11) is 0. The van der Waals surface area contributed by atoms with Crippen molar-refractivity contribution >= 4 is 5.91 Å². The number of nitrogens with one attached hydrogen (secondary N) is 1. The second-order valence-electron chi connectivity index (χ2n) is 5.95. The third kappa shape index (κ3) is 2.52. The quantitative estimate of drug-likeness (QED) is 0.851. The molecule has 2 aliphatic rings. The summed E-state index contributed by atoms with van der Waals surface area (Å²) in [6, 6.07) is 1.50. The maximum Gasteiger partial charge on any atom is 0.272 e. The van der Waals surface area contributed by atoms with Crippen molar-refractivity contribution in [2.75, 3.05) is 26.4 Å². The van der Waals surface area contributed by atoms with Gasteiger partial charge in [0.15, 0.2) is 11.4 Å². The largest absolute Gasteiger partial charge is 0.487 e. The Morgan fingerprint density at radius 1 is 1.36 bits per heavy atom. The van der Waals surface area contributed by atoms with Crippen LogP contribution >= 0.6 is 0 Å². The Labute approximate surface area is 129 Å². The van der Waals surface area contributed by atoms with Crippen LogP contribution in [-0.4, -0.2) is 36.8 Å². The minimum Gasteiger partial charge on any atom is -0.487 e. The molecule has 0 unspecified atom stereocenters. The van der Waals surface area contributed by atoms with Gasteiger partial charge in [0.25, 0.3) is 5.91 Å². The number of hydrogen-bond acceptors (Lipinski definition) is 4. The number of pyridine rings is 1. The molecule has 1 aromatic rings. The van der Waals surface area contributed by atoms with Gasteiger partial charge in [0.05, 0.1) is 12.1 Å². The molecule has 0 aliphatic carbocycles. The second-order valence-corrected chi connectivity index (χ2v) is 5.95. The number of rotatable bonds is 4. The van der Waals surface area contributed by atoms with Gasteiger partial charge in [0.1, 0.15) is 0 Å². The minimum absolute atomic E-state index is 0.180. The van der Waals surface area contributed by atoms with Gasteiger partial charge in [-0.3, -0.25) is 9.59 Å². The predicted molar refractivity (Wildman–Crippen MR) is 81.5 cm³/mol. The molecular formula is C16H22N2O4. The van der Waals surface area contributed by atoms with Gasteiger partial charge in [0, 0.05) is 32.0 Å². The highest BCUT2D eigenvalue weighted by atomic mass is 16.5. The van der Waals surface area contributed by atoms with Crippen molar-refractivity contribution in [3.05, 3.63) is 28.2 Å². The van der Waals surface area contributed by atoms with Crippen LogP contribution in [0.2, 0.25) is 0 Å². The van der Waals surface area contributed by atoms with E-state index in [1.54, 1.807) is 6.20 Å². The molecule has 1 saturated heterocycles. The molecule has 120 valence electrons. The standard InChI is InChI=1S/C16H22N2O4/c1-2-3-8-22-14-12(19)4-7-18-13(14)15(20)17-11-16(18)5-9-21-10-6-16/h4,7H,2-3,5-6,8-11H2,1H3,(H,17,20). The SMILES string of the molecule is CCCCOc1c2n(ccc1=O)C1(CCOCC1)CNC2=O. The van der Waals surface area contributed by atoms with E-state index in [4.69, 9.17) is 9.47 Å². The topological polar surface area (TPSA) is 69.6 Å². The second kappa shape index (κ2) is 6.12. The summed E-state index contributed by atoms with van der Waals surface area (Å²) in [6.45, 7) is 4.40. The Bertz CT molecular complexity index is 617. The van der Waals surface area contributed by atoms with Crippen LogP contribution in [0.15, 0.2) is 17.1 Å². The van der Waals surface area contributed by atoms with E-state index in [1.165, 1.54) is 6.07 Å². The summed E-state index contributed by atoms with van der Waals surface area (Å²) in [5.41, 5.74) is -0.0868. The van der Waals surface area contributed by atoms with Crippen molar-refractivity contribution in [1.82, 2.24) is 9.88 Å². The number of carbonyl (C=O) groups is 1. The highest BCUT2D eigenvalue weighted by Gasteiger charge is 2.41. The monoisotopic (exact) mass is 306 g/mol. The number of amides is 1. The Kier molecular flexibility index (Phi) is 4.20. The average Bonchev–Trinajstić information content (AvgIpc) is 2.54. The fourth-order valence-corrected chi connectivity index (χ4v) is 3.17. The zero-order chi connectivity index (χ0) is 15.6. The smallest absolute Gasteiger partial charge is 0.272 e. The number of unbranched alkanes of at least 4 members (excludes halogenated alkanes) is 1. The first-order chi connectivity index (χ1) is 10.7. The lowest BCUT2D eigenvalue weighted by atomic mass is 9.87. The lowest BCUT2D eigenvalue weighted by Crippen LogP contribution is -2.55. The maximum absolute atomic E-state index is 12.3. The van der Waals surface area contributed by atoms with Crippen LogP contribution in [0.4, 0.5) is 0 Å². The van der Waals surface area contributed by atoms with Crippen LogP contribution in [0.3, 0.4) is 0 Å². The van der Waals surface area contributed by atoms with Crippen LogP contribution in [0.25, 0.3) is 0 Å². The highest BCUT2D eigenvalue weighted by Crippen LogP contribution is 2.34. The molecule has 0 aromatic carbocycles. The third-order valence-corrected chi connectivity index (χ3v) is 4.53. The van der Waals surface area contributed by atoms with Crippen molar-refractivity contribution in [3.63, 3.8) is 0 Å². The zero-order valence-corrected chi connectivity index (χ0v) is 12.9. The van der Waals surface area contributed by atoms with Crippen molar-refractivity contribution in [3.8, 4) is 5.75 Å². The molecule has 6 heteroatoms. The molecule has 0 atom stereocenters. The van der Waals surface area contributed by atoms with E-state index >= 15 is 0 Å². The Morgan fingerprint density at radius 3 is 2.86 bits per heavy atom. The lowest BCUT2D eigenvalue weighted by molar-refractivity contribution is 0.0138. The summed E-state index contributed by atoms with van der Waals surface area (Å²) < 4.78 is 13.0. The van der Waals surface area contributed by atoms with Crippen molar-refractivity contribution in [2.45, 2.75) is 38.1 Å². The fraction of sp³-hybridized carbons (Fsp3) is 0.625. The Morgan fingerprint density at radius 2 is 2.14 bits per heavy atom. The zero-order valence-electron chi connectivity index (χ0n) is 12.9. The number of hydrogen-bond donors (Lipinski definition) is 1. The summed E-state index contributed by atoms with van der Waals surface area (Å²) in [5, 5.41) is 2.92. The number of ether oxygens (including phenoxy) is 2. The first kappa shape index (κ1) is 15.1. The van der Waals surface area contributed by atoms with E-state index in [0.717, 1.165) is 25.7 Å². The fourth-order valence-electron chi connectivity index (χ4n) is 3.17. The van der Waals surface area contributed by atoms with Gasteiger partial charge in [-0.25, -0.2) is 0 Å². The number of fused-ring (bicyclic) bond motifs is 2. The highest BCUT2D eigenvalue weighted by molar-refractivity contribution is 5.96. The molecule has 1 fully saturated rings. The number of carbonyl (C=O) groups excluding carboxylic acids is 1. The molecule has 6 nitrogen and oxygen atoms in total. The summed E-state index contributed by atoms with van der Waals surface area (Å²) in [6.07, 6.45) is 5.20. The Balaban J connectivity index is 2.04. The van der Waals surface area contributed by atoms with E-state index in [0.29, 0.717) is 32.1 Å². The third-order valence-electron chi connectivity index (χ3n) is 4.53. The normalized spacial score (nSPS) is 19.6. The Hall–Kier alpha value is -1.82. The first-order valence-electron chi connectivity index (χ1n) is 7.93. The van der Waals surface area contributed by atoms with Crippen LogP contribution in [0.1, 0.15) is 43.1 Å². The molecule has 1 N–H and O–H groups in total. The molecule has 1 aromatic heterocycles. The van der Waals surface area contributed by atoms with Gasteiger partial charge in [-0.15, -0.1) is 0 Å². The van der Waals surface area contributed by atoms with Crippen LogP contribution in [-0.2, 0) is 10.3 Å². The van der Waals surface area contributed by atoms with E-state index < -0.39 is 0 Å². The van der Waals surface area contributed by atoms with Crippen molar-refractivity contribution < 1.29 is 14.3 Å². The molecular weight excluding hydrogens is 284 g/mol. The van der Waals surface area contributed by atoms with Gasteiger partial charge in [-0.05, 0) is 19.3 Å². The molecule has 1 spiro atoms. The van der Waals surface area contributed by atoms with Gasteiger partial charge >= 0.3 is 0 Å². The molecule has 3 rings (SSSR count). The van der Waals surface area contributed by atoms with E-state index in [-0.39, 0.29) is 22.6 Å². The van der Waals surface area contributed by atoms with Crippen molar-refractivity contribution in [1.29, 1.82) is 0 Å². The van der Waals surface area contributed by atoms with Crippen LogP contribution in [0.5, 0.6) is 5.75 Å². The molecule has 0 bridgehead atoms. The predicted octanol–water partition coefficient (Wildman–Crippen LogP) is 1.28. The molecule has 3 heterocycles. The molecule has 0 saturated carbocycles. The summed E-state index contributed by atoms with van der Waals surface area (Å²) in [4.78, 5) is 24.5. The van der Waals surface area contributed by atoms with Gasteiger partial charge in [-0.1, -0.05) is 13.3 Å². The van der Waals surface area contributed by atoms with Crippen LogP contribution in [0, 0.1) is 0 Å². The minimum atomic E-state index is -0.235. The number of aromatic nitrogens is 1. The molecule has 0 radical (unpaired) electrons. The van der Waals surface area contributed by atoms with E-state index in [9.17, 15) is 9.59 Å². The molecule has 22 heavy (non-hydrogen) atoms. The lowest BCUT2D eigenvalue weighted by Gasteiger charge is -2.43. The molecule has 2 aliphatic heterocycles. The van der Waals surface area contributed by atoms with Gasteiger partial charge in [-0.2, -0.15) is 0 Å². The van der Waals surface area contributed by atoms with Gasteiger partial charge in [0.2, 0.25) is 5.43 Å². The van der Waals surface area contributed by atoms with Crippen LogP contribution < -0.4 is 15.5 Å². The molecule has 1 amide bonds. The first-order valence-corrected chi connectivity index (χ1v) is 7.93. The summed E-state index contributed by atoms with van der Waals surface area (Å²) in [5.74, 6) is -0.0552. The number of nitrogens with zero attached hydrogens (tertiary/aromatic N) is 1.